The summed E-state index contributed by atoms with van der Waals surface area (Å²) in [7, 11) is -1.92. The SMILES string of the molecule is COc1ccc(CN(c2ncccn2)S(=O)(=O)c2cc(F)c(OCC3CN(C(=O)OC(C)(C)C)CCC3c3ccc(Cl)cc3)cc2F)c(OC)c1. The number of piperidine rings is 1. The molecule has 4 aromatic rings. The van der Waals surface area contributed by atoms with Crippen LogP contribution < -0.4 is 18.5 Å². The maximum absolute atomic E-state index is 15.8. The van der Waals surface area contributed by atoms with Gasteiger partial charge in [-0.1, -0.05) is 23.7 Å². The van der Waals surface area contributed by atoms with Gasteiger partial charge in [-0.05, 0) is 69.0 Å². The van der Waals surface area contributed by atoms with Crippen molar-refractivity contribution in [3.8, 4) is 17.2 Å². The van der Waals surface area contributed by atoms with Gasteiger partial charge in [-0.3, -0.25) is 0 Å². The van der Waals surface area contributed by atoms with Crippen molar-refractivity contribution >= 4 is 33.7 Å². The zero-order valence-electron chi connectivity index (χ0n) is 28.8. The lowest BCUT2D eigenvalue weighted by Gasteiger charge is -2.39. The lowest BCUT2D eigenvalue weighted by atomic mass is 9.81. The minimum absolute atomic E-state index is 0.108. The number of benzene rings is 3. The molecule has 0 saturated carbocycles. The first-order chi connectivity index (χ1) is 24.2. The molecule has 1 aliphatic heterocycles. The monoisotopic (exact) mass is 744 g/mol. The molecule has 0 N–H and O–H groups in total. The fraction of sp³-hybridized carbons (Fsp3) is 0.361. The summed E-state index contributed by atoms with van der Waals surface area (Å²) in [6.45, 7) is 5.47. The molecular weight excluding hydrogens is 706 g/mol. The Balaban J connectivity index is 1.42. The number of anilines is 1. The van der Waals surface area contributed by atoms with Crippen LogP contribution in [0.4, 0.5) is 19.5 Å². The number of methoxy groups -OCH3 is 2. The zero-order valence-corrected chi connectivity index (χ0v) is 30.4. The van der Waals surface area contributed by atoms with Crippen LogP contribution in [0.1, 0.15) is 44.2 Å². The second-order valence-electron chi connectivity index (χ2n) is 12.9. The Morgan fingerprint density at radius 3 is 2.33 bits per heavy atom. The van der Waals surface area contributed by atoms with Gasteiger partial charge in [-0.2, -0.15) is 0 Å². The predicted molar refractivity (Wildman–Crippen MR) is 187 cm³/mol. The van der Waals surface area contributed by atoms with Crippen molar-refractivity contribution in [3.63, 3.8) is 0 Å². The number of rotatable bonds is 11. The fourth-order valence-corrected chi connectivity index (χ4v) is 7.34. The summed E-state index contributed by atoms with van der Waals surface area (Å²) in [6.07, 6.45) is 2.72. The van der Waals surface area contributed by atoms with Crippen LogP contribution in [0, 0.1) is 17.6 Å². The van der Waals surface area contributed by atoms with E-state index in [1.165, 1.54) is 32.7 Å². The highest BCUT2D eigenvalue weighted by atomic mass is 35.5. The van der Waals surface area contributed by atoms with Gasteiger partial charge in [0.2, 0.25) is 5.95 Å². The highest BCUT2D eigenvalue weighted by molar-refractivity contribution is 7.92. The van der Waals surface area contributed by atoms with Crippen LogP contribution in [0.2, 0.25) is 5.02 Å². The van der Waals surface area contributed by atoms with Gasteiger partial charge in [0.15, 0.2) is 11.6 Å². The highest BCUT2D eigenvalue weighted by Crippen LogP contribution is 2.36. The van der Waals surface area contributed by atoms with E-state index >= 15 is 8.78 Å². The van der Waals surface area contributed by atoms with Gasteiger partial charge in [0.1, 0.15) is 27.8 Å². The van der Waals surface area contributed by atoms with Crippen molar-refractivity contribution in [2.75, 3.05) is 38.2 Å². The Kier molecular flexibility index (Phi) is 11.6. The van der Waals surface area contributed by atoms with E-state index < -0.39 is 44.0 Å². The van der Waals surface area contributed by atoms with E-state index in [1.54, 1.807) is 56.0 Å². The van der Waals surface area contributed by atoms with Gasteiger partial charge in [-0.25, -0.2) is 36.3 Å². The molecule has 0 spiro atoms. The Labute approximate surface area is 301 Å². The Morgan fingerprint density at radius 2 is 1.69 bits per heavy atom. The molecule has 2 atom stereocenters. The van der Waals surface area contributed by atoms with Crippen molar-refractivity contribution in [2.24, 2.45) is 5.92 Å². The summed E-state index contributed by atoms with van der Waals surface area (Å²) >= 11 is 6.12. The normalized spacial score (nSPS) is 16.4. The smallest absolute Gasteiger partial charge is 0.410 e. The van der Waals surface area contributed by atoms with Gasteiger partial charge in [0, 0.05) is 60.2 Å². The van der Waals surface area contributed by atoms with Crippen molar-refractivity contribution in [1.29, 1.82) is 0 Å². The lowest BCUT2D eigenvalue weighted by Crippen LogP contribution is -2.46. The summed E-state index contributed by atoms with van der Waals surface area (Å²) in [5, 5.41) is 0.561. The first kappa shape index (κ1) is 37.6. The minimum Gasteiger partial charge on any atom is -0.497 e. The number of carbonyl (C=O) groups is 1. The van der Waals surface area contributed by atoms with Crippen LogP contribution in [-0.2, 0) is 21.3 Å². The number of hydrogen-bond donors (Lipinski definition) is 0. The van der Waals surface area contributed by atoms with Crippen LogP contribution in [0.3, 0.4) is 0 Å². The number of sulfonamides is 1. The average Bonchev–Trinajstić information content (AvgIpc) is 3.10. The summed E-state index contributed by atoms with van der Waals surface area (Å²) in [4.78, 5) is 21.7. The second kappa shape index (κ2) is 15.7. The first-order valence-corrected chi connectivity index (χ1v) is 17.9. The van der Waals surface area contributed by atoms with Gasteiger partial charge in [0.25, 0.3) is 10.0 Å². The third-order valence-electron chi connectivity index (χ3n) is 8.27. The van der Waals surface area contributed by atoms with Crippen LogP contribution in [-0.4, -0.2) is 68.9 Å². The molecule has 1 fully saturated rings. The Hall–Kier alpha value is -4.69. The van der Waals surface area contributed by atoms with Crippen molar-refractivity contribution < 1.29 is 40.9 Å². The molecule has 51 heavy (non-hydrogen) atoms. The molecule has 0 aliphatic carbocycles. The first-order valence-electron chi connectivity index (χ1n) is 16.1. The van der Waals surface area contributed by atoms with Gasteiger partial charge in [0.05, 0.1) is 27.4 Å². The van der Waals surface area contributed by atoms with Gasteiger partial charge >= 0.3 is 6.09 Å². The lowest BCUT2D eigenvalue weighted by molar-refractivity contribution is 0.0110. The third-order valence-corrected chi connectivity index (χ3v) is 10.3. The molecule has 0 radical (unpaired) electrons. The topological polar surface area (TPSA) is 120 Å². The van der Waals surface area contributed by atoms with E-state index in [0.29, 0.717) is 47.2 Å². The number of amides is 1. The van der Waals surface area contributed by atoms with Crippen molar-refractivity contribution in [3.05, 3.63) is 101 Å². The third kappa shape index (κ3) is 8.98. The van der Waals surface area contributed by atoms with Crippen LogP contribution >= 0.6 is 11.6 Å². The Morgan fingerprint density at radius 1 is 0.980 bits per heavy atom. The molecular formula is C36H39ClF2N4O7S. The van der Waals surface area contributed by atoms with Crippen molar-refractivity contribution in [2.45, 2.75) is 50.2 Å². The number of carbonyl (C=O) groups excluding carboxylic acids is 1. The highest BCUT2D eigenvalue weighted by Gasteiger charge is 2.36. The van der Waals surface area contributed by atoms with E-state index in [1.807, 2.05) is 12.1 Å². The van der Waals surface area contributed by atoms with Crippen LogP contribution in [0.25, 0.3) is 0 Å². The van der Waals surface area contributed by atoms with E-state index in [0.717, 1.165) is 9.87 Å². The molecule has 11 nitrogen and oxygen atoms in total. The molecule has 1 aromatic heterocycles. The zero-order chi connectivity index (χ0) is 36.9. The maximum Gasteiger partial charge on any atom is 0.410 e. The van der Waals surface area contributed by atoms with E-state index in [4.69, 9.17) is 30.5 Å². The predicted octanol–water partition coefficient (Wildman–Crippen LogP) is 7.24. The Bertz CT molecular complexity index is 1950. The van der Waals surface area contributed by atoms with Crippen molar-refractivity contribution in [1.82, 2.24) is 14.9 Å². The molecule has 0 bridgehead atoms. The molecule has 272 valence electrons. The molecule has 1 amide bonds. The van der Waals surface area contributed by atoms with E-state index in [2.05, 4.69) is 9.97 Å². The number of ether oxygens (including phenoxy) is 4. The number of likely N-dealkylation sites (tertiary alicyclic amines) is 1. The average molecular weight is 745 g/mol. The standard InChI is InChI=1S/C36H39ClF2N4O7S/c1-36(2,3)50-35(44)42-16-13-28(23-7-10-26(37)11-8-23)25(20-42)22-49-32-18-30(39)33(19-29(32)38)51(45,46)43(34-40-14-6-15-41-34)21-24-9-12-27(47-4)17-31(24)48-5/h6-12,14-15,17-19,25,28H,13,16,20-22H2,1-5H3. The molecule has 1 saturated heterocycles. The molecule has 1 aliphatic rings. The minimum atomic E-state index is -4.80. The second-order valence-corrected chi connectivity index (χ2v) is 15.2. The maximum atomic E-state index is 15.8. The number of halogens is 3. The fourth-order valence-electron chi connectivity index (χ4n) is 5.80. The summed E-state index contributed by atoms with van der Waals surface area (Å²) in [5.74, 6) is -2.81. The van der Waals surface area contributed by atoms with Gasteiger partial charge < -0.3 is 23.8 Å². The largest absolute Gasteiger partial charge is 0.497 e. The van der Waals surface area contributed by atoms with E-state index in [-0.39, 0.29) is 37.5 Å². The summed E-state index contributed by atoms with van der Waals surface area (Å²) < 4.78 is 82.5. The summed E-state index contributed by atoms with van der Waals surface area (Å²) in [5.41, 5.74) is 0.627. The number of nitrogens with zero attached hydrogens (tertiary/aromatic N) is 4. The summed E-state index contributed by atoms with van der Waals surface area (Å²) in [6, 6.07) is 14.8. The quantitative estimate of drug-likeness (QED) is 0.157. The molecule has 15 heteroatoms. The molecule has 2 heterocycles. The van der Waals surface area contributed by atoms with Crippen LogP contribution in [0.5, 0.6) is 17.2 Å². The van der Waals surface area contributed by atoms with Crippen LogP contribution in [0.15, 0.2) is 78.0 Å². The molecule has 3 aromatic carbocycles. The van der Waals surface area contributed by atoms with E-state index in [9.17, 15) is 13.2 Å². The molecule has 5 rings (SSSR count). The number of aromatic nitrogens is 2. The molecule has 2 unspecified atom stereocenters. The van der Waals surface area contributed by atoms with Gasteiger partial charge in [-0.15, -0.1) is 0 Å². The number of hydrogen-bond acceptors (Lipinski definition) is 9.